The summed E-state index contributed by atoms with van der Waals surface area (Å²) < 4.78 is 4.85. The molecule has 174 valence electrons. The van der Waals surface area contributed by atoms with Crippen molar-refractivity contribution in [2.24, 2.45) is 0 Å². The first-order valence-electron chi connectivity index (χ1n) is 11.7. The topological polar surface area (TPSA) is 70.0 Å². The zero-order valence-corrected chi connectivity index (χ0v) is 19.5. The van der Waals surface area contributed by atoms with E-state index in [2.05, 4.69) is 36.1 Å². The van der Waals surface area contributed by atoms with Crippen LogP contribution in [0.1, 0.15) is 76.4 Å². The number of carbonyl (C=O) groups excluding carboxylic acids is 1. The third-order valence-corrected chi connectivity index (χ3v) is 6.31. The number of ether oxygens (including phenoxy) is 1. The molecule has 1 aromatic carbocycles. The average Bonchev–Trinajstić information content (AvgIpc) is 3.15. The smallest absolute Gasteiger partial charge is 0.305 e. The van der Waals surface area contributed by atoms with Gasteiger partial charge in [0.05, 0.1) is 18.1 Å². The fraction of sp³-hybridized carbons (Fsp3) is 0.640. The summed E-state index contributed by atoms with van der Waals surface area (Å²) in [5, 5.41) is 19.1. The van der Waals surface area contributed by atoms with Crippen LogP contribution in [0.2, 0.25) is 0 Å². The summed E-state index contributed by atoms with van der Waals surface area (Å²) in [5.41, 5.74) is 2.13. The molecule has 0 aromatic heterocycles. The zero-order chi connectivity index (χ0) is 22.5. The molecule has 1 heterocycles. The fourth-order valence-electron chi connectivity index (χ4n) is 4.00. The number of unbranched alkanes of at least 4 members (excludes halogenated alkanes) is 3. The maximum absolute atomic E-state index is 11.4. The van der Waals surface area contributed by atoms with Gasteiger partial charge in [0.25, 0.3) is 0 Å². The number of nitrogens with zero attached hydrogens (tertiary/aromatic N) is 1. The molecular weight excluding hydrogens is 414 g/mol. The number of hydrogen-bond acceptors (Lipinski definition) is 5. The third kappa shape index (κ3) is 8.83. The van der Waals surface area contributed by atoms with E-state index in [1.54, 1.807) is 0 Å². The number of rotatable bonds is 14. The van der Waals surface area contributed by atoms with E-state index in [1.165, 1.54) is 0 Å². The fourth-order valence-corrected chi connectivity index (χ4v) is 4.34. The Morgan fingerprint density at radius 3 is 2.74 bits per heavy atom. The van der Waals surface area contributed by atoms with Crippen molar-refractivity contribution in [1.29, 1.82) is 0 Å². The number of hydrogen-bond donors (Lipinski definition) is 2. The molecule has 3 atom stereocenters. The first kappa shape index (κ1) is 25.7. The molecule has 6 heteroatoms. The summed E-state index contributed by atoms with van der Waals surface area (Å²) >= 11 is 6.61. The second-order valence-corrected chi connectivity index (χ2v) is 8.77. The van der Waals surface area contributed by atoms with Crippen molar-refractivity contribution < 1.29 is 19.7 Å². The lowest BCUT2D eigenvalue weighted by molar-refractivity contribution is -0.144. The van der Waals surface area contributed by atoms with Gasteiger partial charge in [-0.1, -0.05) is 50.5 Å². The molecule has 2 N–H and O–H groups in total. The van der Waals surface area contributed by atoms with E-state index in [-0.39, 0.29) is 36.7 Å². The third-order valence-electron chi connectivity index (χ3n) is 5.80. The van der Waals surface area contributed by atoms with Gasteiger partial charge in [0.15, 0.2) is 0 Å². The summed E-state index contributed by atoms with van der Waals surface area (Å²) in [6.07, 6.45) is 11.8. The maximum Gasteiger partial charge on any atom is 0.305 e. The molecule has 0 bridgehead atoms. The van der Waals surface area contributed by atoms with Gasteiger partial charge in [0.1, 0.15) is 6.61 Å². The minimum absolute atomic E-state index is 0.0715. The Balaban J connectivity index is 1.81. The van der Waals surface area contributed by atoms with Gasteiger partial charge in [0, 0.05) is 24.7 Å². The Hall–Kier alpha value is -1.56. The molecule has 0 spiro atoms. The Bertz CT molecular complexity index is 664. The number of carbonyl (C=O) groups is 1. The van der Waals surface area contributed by atoms with Crippen LogP contribution in [-0.4, -0.2) is 47.4 Å². The molecule has 1 unspecified atom stereocenters. The van der Waals surface area contributed by atoms with Crippen molar-refractivity contribution >= 4 is 23.3 Å². The van der Waals surface area contributed by atoms with E-state index in [0.717, 1.165) is 69.2 Å². The zero-order valence-electron chi connectivity index (χ0n) is 18.7. The Morgan fingerprint density at radius 1 is 1.26 bits per heavy atom. The first-order chi connectivity index (χ1) is 15.1. The molecule has 1 aliphatic rings. The second kappa shape index (κ2) is 14.5. The second-order valence-electron chi connectivity index (χ2n) is 8.21. The van der Waals surface area contributed by atoms with Crippen molar-refractivity contribution in [2.75, 3.05) is 24.7 Å². The highest BCUT2D eigenvalue weighted by molar-refractivity contribution is 6.21. The normalized spacial score (nSPS) is 19.8. The SMILES string of the molecule is CCCCCC(O)c1ccc(N2CC[C@@H](Cl)[C@@H]2C/C=C/CCCC(=O)OCCO)cc1. The van der Waals surface area contributed by atoms with Crippen LogP contribution in [0.5, 0.6) is 0 Å². The van der Waals surface area contributed by atoms with Gasteiger partial charge >= 0.3 is 5.97 Å². The highest BCUT2D eigenvalue weighted by Crippen LogP contribution is 2.32. The van der Waals surface area contributed by atoms with Gasteiger partial charge in [-0.2, -0.15) is 0 Å². The highest BCUT2D eigenvalue weighted by Gasteiger charge is 2.32. The Kier molecular flexibility index (Phi) is 12.0. The van der Waals surface area contributed by atoms with E-state index in [0.29, 0.717) is 6.42 Å². The van der Waals surface area contributed by atoms with Gasteiger partial charge in [-0.25, -0.2) is 0 Å². The van der Waals surface area contributed by atoms with Crippen LogP contribution in [0.25, 0.3) is 0 Å². The summed E-state index contributed by atoms with van der Waals surface area (Å²) in [7, 11) is 0. The molecule has 31 heavy (non-hydrogen) atoms. The highest BCUT2D eigenvalue weighted by atomic mass is 35.5. The van der Waals surface area contributed by atoms with Crippen LogP contribution >= 0.6 is 11.6 Å². The number of allylic oxidation sites excluding steroid dienone is 1. The lowest BCUT2D eigenvalue weighted by Crippen LogP contribution is -2.32. The van der Waals surface area contributed by atoms with E-state index >= 15 is 0 Å². The van der Waals surface area contributed by atoms with E-state index in [1.807, 2.05) is 12.1 Å². The molecule has 0 aliphatic carbocycles. The van der Waals surface area contributed by atoms with Gasteiger partial charge in [-0.05, 0) is 49.8 Å². The number of esters is 1. The predicted molar refractivity (Wildman–Crippen MR) is 127 cm³/mol. The predicted octanol–water partition coefficient (Wildman–Crippen LogP) is 5.14. The van der Waals surface area contributed by atoms with Crippen LogP contribution in [0.4, 0.5) is 5.69 Å². The van der Waals surface area contributed by atoms with Crippen molar-refractivity contribution in [3.8, 4) is 0 Å². The van der Waals surface area contributed by atoms with Crippen molar-refractivity contribution in [2.45, 2.75) is 82.2 Å². The Morgan fingerprint density at radius 2 is 2.03 bits per heavy atom. The van der Waals surface area contributed by atoms with Crippen molar-refractivity contribution in [3.63, 3.8) is 0 Å². The molecular formula is C25H38ClNO4. The molecule has 1 aliphatic heterocycles. The summed E-state index contributed by atoms with van der Waals surface area (Å²) in [4.78, 5) is 13.8. The molecule has 1 fully saturated rings. The quantitative estimate of drug-likeness (QED) is 0.177. The number of benzene rings is 1. The average molecular weight is 452 g/mol. The lowest BCUT2D eigenvalue weighted by atomic mass is 10.0. The summed E-state index contributed by atoms with van der Waals surface area (Å²) in [5.74, 6) is -0.260. The van der Waals surface area contributed by atoms with E-state index in [9.17, 15) is 9.90 Å². The molecule has 0 saturated carbocycles. The van der Waals surface area contributed by atoms with Crippen LogP contribution in [0.15, 0.2) is 36.4 Å². The van der Waals surface area contributed by atoms with Crippen LogP contribution < -0.4 is 4.90 Å². The number of halogens is 1. The first-order valence-corrected chi connectivity index (χ1v) is 12.1. The lowest BCUT2D eigenvalue weighted by Gasteiger charge is -2.28. The van der Waals surface area contributed by atoms with Crippen LogP contribution in [0, 0.1) is 0 Å². The van der Waals surface area contributed by atoms with E-state index in [4.69, 9.17) is 21.4 Å². The maximum atomic E-state index is 11.4. The molecule has 5 nitrogen and oxygen atoms in total. The van der Waals surface area contributed by atoms with Crippen molar-refractivity contribution in [1.82, 2.24) is 0 Å². The standard InChI is InChI=1S/C25H38ClNO4/c1-2-3-6-10-24(29)20-12-14-21(15-13-20)27-17-16-22(26)23(27)9-7-4-5-8-11-25(30)31-19-18-28/h4,7,12-15,22-24,28-29H,2-3,5-6,8-11,16-19H2,1H3/b7-4+/t22-,23+,24?/m1/s1. The van der Waals surface area contributed by atoms with E-state index < -0.39 is 0 Å². The summed E-state index contributed by atoms with van der Waals surface area (Å²) in [6, 6.07) is 8.52. The number of aliphatic hydroxyl groups is 2. The number of aliphatic hydroxyl groups excluding tert-OH is 2. The number of anilines is 1. The molecule has 1 aromatic rings. The van der Waals surface area contributed by atoms with Gasteiger partial charge in [-0.15, -0.1) is 11.6 Å². The monoisotopic (exact) mass is 451 g/mol. The van der Waals surface area contributed by atoms with Gasteiger partial charge in [0.2, 0.25) is 0 Å². The molecule has 0 amide bonds. The van der Waals surface area contributed by atoms with Crippen LogP contribution in [-0.2, 0) is 9.53 Å². The molecule has 0 radical (unpaired) electrons. The largest absolute Gasteiger partial charge is 0.463 e. The molecule has 2 rings (SSSR count). The Labute approximate surface area is 192 Å². The van der Waals surface area contributed by atoms with Gasteiger partial charge in [-0.3, -0.25) is 4.79 Å². The van der Waals surface area contributed by atoms with Crippen molar-refractivity contribution in [3.05, 3.63) is 42.0 Å². The van der Waals surface area contributed by atoms with Gasteiger partial charge < -0.3 is 19.8 Å². The minimum atomic E-state index is -0.389. The summed E-state index contributed by atoms with van der Waals surface area (Å²) in [6.45, 7) is 3.04. The minimum Gasteiger partial charge on any atom is -0.463 e. The van der Waals surface area contributed by atoms with Crippen LogP contribution in [0.3, 0.4) is 0 Å². The molecule has 1 saturated heterocycles. The number of alkyl halides is 1.